The zero-order valence-electron chi connectivity index (χ0n) is 8.48. The van der Waals surface area contributed by atoms with Gasteiger partial charge in [-0.05, 0) is 12.1 Å². The molecule has 0 aliphatic carbocycles. The molecule has 0 fully saturated rings. The molecule has 0 aliphatic rings. The summed E-state index contributed by atoms with van der Waals surface area (Å²) in [6.45, 7) is -1.13. The average Bonchev–Trinajstić information content (AvgIpc) is 2.24. The van der Waals surface area contributed by atoms with Gasteiger partial charge in [-0.2, -0.15) is 8.42 Å². The number of benzene rings is 1. The van der Waals surface area contributed by atoms with Crippen LogP contribution in [0.2, 0.25) is 0 Å². The predicted octanol–water partition coefficient (Wildman–Crippen LogP) is 0.0162. The third-order valence-corrected chi connectivity index (χ3v) is 2.66. The summed E-state index contributed by atoms with van der Waals surface area (Å²) in [5.74, 6) is -2.65. The van der Waals surface area contributed by atoms with E-state index in [1.54, 1.807) is 6.07 Å². The molecule has 0 saturated heterocycles. The maximum Gasteiger partial charge on any atom is 0.362 e. The number of carbonyl (C=O) groups is 2. The molecule has 1 aromatic rings. The van der Waals surface area contributed by atoms with E-state index in [1.165, 1.54) is 24.3 Å². The Hall–Kier alpha value is -1.93. The normalized spacial score (nSPS) is 10.9. The minimum absolute atomic E-state index is 0.0358. The number of aliphatic carboxylic acids is 1. The molecule has 0 saturated carbocycles. The Labute approximate surface area is 97.2 Å². The van der Waals surface area contributed by atoms with E-state index in [0.29, 0.717) is 0 Å². The van der Waals surface area contributed by atoms with Gasteiger partial charge in [-0.3, -0.25) is 14.1 Å². The van der Waals surface area contributed by atoms with Gasteiger partial charge < -0.3 is 5.11 Å². The van der Waals surface area contributed by atoms with Crippen molar-refractivity contribution in [3.8, 4) is 0 Å². The molecule has 7 nitrogen and oxygen atoms in total. The van der Waals surface area contributed by atoms with Crippen LogP contribution in [0.1, 0.15) is 10.4 Å². The van der Waals surface area contributed by atoms with Gasteiger partial charge in [0, 0.05) is 5.56 Å². The number of carboxylic acid groups (broad SMARTS) is 1. The van der Waals surface area contributed by atoms with E-state index in [-0.39, 0.29) is 9.87 Å². The summed E-state index contributed by atoms with van der Waals surface area (Å²) in [5, 5.41) is 8.47. The lowest BCUT2D eigenvalue weighted by Crippen LogP contribution is -2.40. The standard InChI is InChI=1S/C9H9NO6S/c11-8(12)6-10(17(14,15)16)9(13)7-4-2-1-3-5-7/h1-5H,6H2,(H,11,12)(H,14,15,16). The van der Waals surface area contributed by atoms with Crippen LogP contribution >= 0.6 is 0 Å². The second kappa shape index (κ2) is 4.93. The van der Waals surface area contributed by atoms with Crippen LogP contribution in [-0.2, 0) is 15.1 Å². The van der Waals surface area contributed by atoms with Crippen molar-refractivity contribution in [1.29, 1.82) is 0 Å². The van der Waals surface area contributed by atoms with Gasteiger partial charge in [-0.15, -0.1) is 0 Å². The summed E-state index contributed by atoms with van der Waals surface area (Å²) in [4.78, 5) is 22.1. The van der Waals surface area contributed by atoms with Crippen molar-refractivity contribution >= 4 is 22.2 Å². The maximum absolute atomic E-state index is 11.7. The Balaban J connectivity index is 3.08. The van der Waals surface area contributed by atoms with Crippen LogP contribution in [0.3, 0.4) is 0 Å². The molecule has 92 valence electrons. The van der Waals surface area contributed by atoms with E-state index in [4.69, 9.17) is 9.66 Å². The van der Waals surface area contributed by atoms with Gasteiger partial charge >= 0.3 is 16.3 Å². The molecule has 0 unspecified atom stereocenters. The molecule has 1 rings (SSSR count). The first-order valence-electron chi connectivity index (χ1n) is 4.38. The molecule has 0 heterocycles. The van der Waals surface area contributed by atoms with Gasteiger partial charge in [-0.1, -0.05) is 18.2 Å². The summed E-state index contributed by atoms with van der Waals surface area (Å²) < 4.78 is 30.4. The number of hydrogen-bond donors (Lipinski definition) is 2. The number of nitrogens with zero attached hydrogens (tertiary/aromatic N) is 1. The topological polar surface area (TPSA) is 112 Å². The fourth-order valence-electron chi connectivity index (χ4n) is 1.11. The lowest BCUT2D eigenvalue weighted by atomic mass is 10.2. The Bertz CT molecular complexity index is 524. The summed E-state index contributed by atoms with van der Waals surface area (Å²) in [5.41, 5.74) is -0.0358. The van der Waals surface area contributed by atoms with Crippen molar-refractivity contribution in [3.63, 3.8) is 0 Å². The molecule has 0 aliphatic heterocycles. The predicted molar refractivity (Wildman–Crippen MR) is 56.7 cm³/mol. The first-order chi connectivity index (χ1) is 7.82. The van der Waals surface area contributed by atoms with Crippen LogP contribution in [0.15, 0.2) is 30.3 Å². The maximum atomic E-state index is 11.7. The van der Waals surface area contributed by atoms with Crippen LogP contribution in [0, 0.1) is 0 Å². The Morgan fingerprint density at radius 2 is 1.71 bits per heavy atom. The molecule has 1 amide bonds. The highest BCUT2D eigenvalue weighted by molar-refractivity contribution is 7.84. The summed E-state index contributed by atoms with van der Waals surface area (Å²) in [6.07, 6.45) is 0. The van der Waals surface area contributed by atoms with Crippen molar-refractivity contribution in [2.24, 2.45) is 0 Å². The monoisotopic (exact) mass is 259 g/mol. The van der Waals surface area contributed by atoms with Crippen molar-refractivity contribution in [2.45, 2.75) is 0 Å². The highest BCUT2D eigenvalue weighted by Gasteiger charge is 2.28. The smallest absolute Gasteiger partial charge is 0.362 e. The zero-order chi connectivity index (χ0) is 13.1. The largest absolute Gasteiger partial charge is 0.480 e. The van der Waals surface area contributed by atoms with Crippen molar-refractivity contribution in [1.82, 2.24) is 4.31 Å². The van der Waals surface area contributed by atoms with E-state index in [2.05, 4.69) is 0 Å². The van der Waals surface area contributed by atoms with Crippen molar-refractivity contribution < 1.29 is 27.7 Å². The molecule has 8 heteroatoms. The van der Waals surface area contributed by atoms with Gasteiger partial charge in [-0.25, -0.2) is 4.31 Å². The Kier molecular flexibility index (Phi) is 3.81. The number of amides is 1. The number of hydrogen-bond acceptors (Lipinski definition) is 4. The summed E-state index contributed by atoms with van der Waals surface area (Å²) in [7, 11) is -4.90. The minimum Gasteiger partial charge on any atom is -0.480 e. The molecule has 0 atom stereocenters. The molecule has 0 bridgehead atoms. The quantitative estimate of drug-likeness (QED) is 0.737. The minimum atomic E-state index is -4.90. The lowest BCUT2D eigenvalue weighted by Gasteiger charge is -2.16. The molecule has 0 spiro atoms. The zero-order valence-corrected chi connectivity index (χ0v) is 9.29. The molecule has 17 heavy (non-hydrogen) atoms. The van der Waals surface area contributed by atoms with Gasteiger partial charge in [0.05, 0.1) is 0 Å². The van der Waals surface area contributed by atoms with Crippen LogP contribution < -0.4 is 0 Å². The number of rotatable bonds is 4. The molecule has 0 aromatic heterocycles. The first kappa shape index (κ1) is 13.1. The molecular formula is C9H9NO6S. The Morgan fingerprint density at radius 1 is 1.18 bits per heavy atom. The first-order valence-corrected chi connectivity index (χ1v) is 5.78. The lowest BCUT2D eigenvalue weighted by molar-refractivity contribution is -0.136. The third kappa shape index (κ3) is 3.54. The van der Waals surface area contributed by atoms with Gasteiger partial charge in [0.2, 0.25) is 0 Å². The van der Waals surface area contributed by atoms with Crippen molar-refractivity contribution in [3.05, 3.63) is 35.9 Å². The second-order valence-electron chi connectivity index (χ2n) is 3.05. The van der Waals surface area contributed by atoms with Crippen LogP contribution in [0.5, 0.6) is 0 Å². The second-order valence-corrected chi connectivity index (χ2v) is 4.39. The highest BCUT2D eigenvalue weighted by atomic mass is 32.2. The Morgan fingerprint density at radius 3 is 2.12 bits per heavy atom. The van der Waals surface area contributed by atoms with Crippen LogP contribution in [-0.4, -0.2) is 40.8 Å². The fraction of sp³-hybridized carbons (Fsp3) is 0.111. The fourth-order valence-corrected chi connectivity index (χ4v) is 1.69. The molecule has 0 radical (unpaired) electrons. The number of carbonyl (C=O) groups excluding carboxylic acids is 1. The molecule has 2 N–H and O–H groups in total. The van der Waals surface area contributed by atoms with E-state index in [0.717, 1.165) is 0 Å². The van der Waals surface area contributed by atoms with Gasteiger partial charge in [0.1, 0.15) is 6.54 Å². The van der Waals surface area contributed by atoms with Gasteiger partial charge in [0.15, 0.2) is 0 Å². The average molecular weight is 259 g/mol. The van der Waals surface area contributed by atoms with Gasteiger partial charge in [0.25, 0.3) is 5.91 Å². The van der Waals surface area contributed by atoms with Crippen molar-refractivity contribution in [2.75, 3.05) is 6.54 Å². The number of carboxylic acids is 1. The summed E-state index contributed by atoms with van der Waals surface area (Å²) in [6, 6.07) is 7.18. The molecule has 1 aromatic carbocycles. The van der Waals surface area contributed by atoms with E-state index >= 15 is 0 Å². The molecular weight excluding hydrogens is 250 g/mol. The van der Waals surface area contributed by atoms with E-state index in [1.807, 2.05) is 0 Å². The summed E-state index contributed by atoms with van der Waals surface area (Å²) >= 11 is 0. The van der Waals surface area contributed by atoms with E-state index < -0.39 is 28.7 Å². The third-order valence-electron chi connectivity index (χ3n) is 1.80. The van der Waals surface area contributed by atoms with Crippen LogP contribution in [0.4, 0.5) is 0 Å². The van der Waals surface area contributed by atoms with E-state index in [9.17, 15) is 18.0 Å². The van der Waals surface area contributed by atoms with Crippen LogP contribution in [0.25, 0.3) is 0 Å². The SMILES string of the molecule is O=C(O)CN(C(=O)c1ccccc1)S(=O)(=O)O. The highest BCUT2D eigenvalue weighted by Crippen LogP contribution is 2.07.